The molecule has 0 aliphatic carbocycles. The average Bonchev–Trinajstić information content (AvgIpc) is 3.45. The molecule has 4 aromatic rings. The molecule has 1 saturated heterocycles. The summed E-state index contributed by atoms with van der Waals surface area (Å²) in [6, 6.07) is 9.58. The Kier molecular flexibility index (Phi) is 5.40. The number of hydrogen-bond donors (Lipinski definition) is 2. The molecule has 0 radical (unpaired) electrons. The van der Waals surface area contributed by atoms with Crippen molar-refractivity contribution >= 4 is 29.0 Å². The molecule has 0 amide bonds. The van der Waals surface area contributed by atoms with Crippen molar-refractivity contribution in [2.75, 3.05) is 18.9 Å². The highest BCUT2D eigenvalue weighted by atomic mass is 35.5. The van der Waals surface area contributed by atoms with Crippen LogP contribution in [0.25, 0.3) is 33.6 Å². The molecule has 4 heterocycles. The fourth-order valence-electron chi connectivity index (χ4n) is 3.82. The van der Waals surface area contributed by atoms with Gasteiger partial charge in [-0.2, -0.15) is 10.2 Å². The molecular formula is C22H20Cl2N6O. The highest BCUT2D eigenvalue weighted by Gasteiger charge is 2.18. The van der Waals surface area contributed by atoms with Gasteiger partial charge in [-0.05, 0) is 37.1 Å². The molecule has 5 rings (SSSR count). The molecule has 0 saturated carbocycles. The molecule has 9 heteroatoms. The monoisotopic (exact) mass is 454 g/mol. The van der Waals surface area contributed by atoms with Gasteiger partial charge in [0, 0.05) is 47.9 Å². The van der Waals surface area contributed by atoms with E-state index in [1.54, 1.807) is 24.4 Å². The van der Waals surface area contributed by atoms with E-state index in [4.69, 9.17) is 33.7 Å². The zero-order valence-electron chi connectivity index (χ0n) is 16.6. The van der Waals surface area contributed by atoms with Gasteiger partial charge in [0.25, 0.3) is 0 Å². The van der Waals surface area contributed by atoms with Crippen LogP contribution in [-0.2, 0) is 4.74 Å². The van der Waals surface area contributed by atoms with Gasteiger partial charge >= 0.3 is 0 Å². The summed E-state index contributed by atoms with van der Waals surface area (Å²) in [7, 11) is 0. The predicted molar refractivity (Wildman–Crippen MR) is 122 cm³/mol. The molecular weight excluding hydrogens is 435 g/mol. The normalized spacial score (nSPS) is 14.8. The molecule has 158 valence electrons. The zero-order valence-corrected chi connectivity index (χ0v) is 18.1. The van der Waals surface area contributed by atoms with Crippen molar-refractivity contribution in [1.29, 1.82) is 0 Å². The van der Waals surface area contributed by atoms with Gasteiger partial charge in [0.1, 0.15) is 5.82 Å². The van der Waals surface area contributed by atoms with E-state index in [1.807, 2.05) is 29.2 Å². The number of halogens is 2. The van der Waals surface area contributed by atoms with Crippen LogP contribution in [-0.4, -0.2) is 38.2 Å². The van der Waals surface area contributed by atoms with Crippen LogP contribution in [0.1, 0.15) is 18.9 Å². The number of nitrogen functional groups attached to an aromatic ring is 1. The van der Waals surface area contributed by atoms with Crippen molar-refractivity contribution in [1.82, 2.24) is 25.0 Å². The first kappa shape index (κ1) is 20.1. The maximum absolute atomic E-state index is 6.34. The smallest absolute Gasteiger partial charge is 0.132 e. The Labute approximate surface area is 189 Å². The summed E-state index contributed by atoms with van der Waals surface area (Å²) in [5.74, 6) is 0.392. The maximum atomic E-state index is 6.34. The molecule has 0 spiro atoms. The quantitative estimate of drug-likeness (QED) is 0.439. The highest BCUT2D eigenvalue weighted by Crippen LogP contribution is 2.36. The number of hydrogen-bond acceptors (Lipinski definition) is 5. The number of nitrogens with two attached hydrogens (primary N) is 1. The summed E-state index contributed by atoms with van der Waals surface area (Å²) in [5.41, 5.74) is 10.9. The second-order valence-corrected chi connectivity index (χ2v) is 8.29. The predicted octanol–water partition coefficient (Wildman–Crippen LogP) is 5.24. The minimum Gasteiger partial charge on any atom is -0.383 e. The van der Waals surface area contributed by atoms with Crippen LogP contribution < -0.4 is 5.73 Å². The molecule has 1 aromatic carbocycles. The van der Waals surface area contributed by atoms with Crippen molar-refractivity contribution in [2.45, 2.75) is 18.9 Å². The number of nitrogens with zero attached hydrogens (tertiary/aromatic N) is 4. The van der Waals surface area contributed by atoms with Gasteiger partial charge in [0.2, 0.25) is 0 Å². The van der Waals surface area contributed by atoms with Crippen molar-refractivity contribution < 1.29 is 4.74 Å². The van der Waals surface area contributed by atoms with Crippen LogP contribution >= 0.6 is 23.2 Å². The Morgan fingerprint density at radius 3 is 2.61 bits per heavy atom. The maximum Gasteiger partial charge on any atom is 0.132 e. The number of ether oxygens (including phenoxy) is 1. The second kappa shape index (κ2) is 8.34. The number of anilines is 1. The molecule has 0 unspecified atom stereocenters. The average molecular weight is 455 g/mol. The van der Waals surface area contributed by atoms with Crippen LogP contribution in [0.15, 0.2) is 48.9 Å². The third kappa shape index (κ3) is 3.92. The van der Waals surface area contributed by atoms with Crippen molar-refractivity contribution in [3.05, 3.63) is 59.0 Å². The molecule has 3 aromatic heterocycles. The second-order valence-electron chi connectivity index (χ2n) is 7.47. The Bertz CT molecular complexity index is 1210. The van der Waals surface area contributed by atoms with Gasteiger partial charge in [0.05, 0.1) is 33.7 Å². The molecule has 3 N–H and O–H groups in total. The van der Waals surface area contributed by atoms with Crippen molar-refractivity contribution in [2.24, 2.45) is 0 Å². The van der Waals surface area contributed by atoms with E-state index in [0.29, 0.717) is 38.9 Å². The molecule has 31 heavy (non-hydrogen) atoms. The number of nitrogens with one attached hydrogen (secondary N) is 1. The summed E-state index contributed by atoms with van der Waals surface area (Å²) in [4.78, 5) is 4.39. The number of H-pyrrole nitrogens is 1. The van der Waals surface area contributed by atoms with Gasteiger partial charge in [0.15, 0.2) is 0 Å². The minimum absolute atomic E-state index is 0.359. The fourth-order valence-corrected chi connectivity index (χ4v) is 4.42. The lowest BCUT2D eigenvalue weighted by atomic mass is 10.1. The number of aromatic nitrogens is 5. The van der Waals surface area contributed by atoms with E-state index in [1.165, 1.54) is 0 Å². The molecule has 7 nitrogen and oxygen atoms in total. The van der Waals surface area contributed by atoms with E-state index >= 15 is 0 Å². The Balaban J connectivity index is 1.47. The molecule has 1 aliphatic heterocycles. The number of benzene rings is 1. The number of rotatable bonds is 4. The molecule has 1 aliphatic rings. The SMILES string of the molecule is Nc1ncc(-c2cnn(C3CCOCC3)c2)cc1-c1cc(-c2c(Cl)cccc2Cl)[nH]n1. The lowest BCUT2D eigenvalue weighted by molar-refractivity contribution is 0.0662. The largest absolute Gasteiger partial charge is 0.383 e. The van der Waals surface area contributed by atoms with Crippen LogP contribution in [0.2, 0.25) is 10.0 Å². The first-order chi connectivity index (χ1) is 15.1. The van der Waals surface area contributed by atoms with Crippen LogP contribution in [0.3, 0.4) is 0 Å². The zero-order chi connectivity index (χ0) is 21.4. The first-order valence-electron chi connectivity index (χ1n) is 9.98. The van der Waals surface area contributed by atoms with E-state index in [0.717, 1.165) is 42.7 Å². The number of pyridine rings is 1. The molecule has 1 fully saturated rings. The Morgan fingerprint density at radius 2 is 1.84 bits per heavy atom. The lowest BCUT2D eigenvalue weighted by Crippen LogP contribution is -2.19. The summed E-state index contributed by atoms with van der Waals surface area (Å²) in [5, 5.41) is 13.1. The summed E-state index contributed by atoms with van der Waals surface area (Å²) in [6.07, 6.45) is 7.58. The topological polar surface area (TPSA) is 94.6 Å². The third-order valence-corrected chi connectivity index (χ3v) is 6.13. The minimum atomic E-state index is 0.359. The van der Waals surface area contributed by atoms with Crippen molar-refractivity contribution in [3.8, 4) is 33.6 Å². The van der Waals surface area contributed by atoms with Gasteiger partial charge in [-0.3, -0.25) is 9.78 Å². The highest BCUT2D eigenvalue weighted by molar-refractivity contribution is 6.39. The standard InChI is InChI=1S/C22H20Cl2N6O/c23-17-2-1-3-18(24)21(17)20-9-19(28-29-20)16-8-13(10-26-22(16)25)14-11-27-30(12-14)15-4-6-31-7-5-15/h1-3,8-12,15H,4-7H2,(H2,25,26)(H,28,29). The van der Waals surface area contributed by atoms with Gasteiger partial charge in [-0.25, -0.2) is 4.98 Å². The third-order valence-electron chi connectivity index (χ3n) is 5.50. The molecule has 0 bridgehead atoms. The van der Waals surface area contributed by atoms with E-state index in [-0.39, 0.29) is 0 Å². The Hall–Kier alpha value is -2.87. The molecule has 0 atom stereocenters. The number of aromatic amines is 1. The fraction of sp³-hybridized carbons (Fsp3) is 0.227. The lowest BCUT2D eigenvalue weighted by Gasteiger charge is -2.22. The Morgan fingerprint density at radius 1 is 1.06 bits per heavy atom. The van der Waals surface area contributed by atoms with Crippen LogP contribution in [0.5, 0.6) is 0 Å². The van der Waals surface area contributed by atoms with Crippen molar-refractivity contribution in [3.63, 3.8) is 0 Å². The van der Waals surface area contributed by atoms with E-state index in [2.05, 4.69) is 20.3 Å². The van der Waals surface area contributed by atoms with Crippen LogP contribution in [0.4, 0.5) is 5.82 Å². The van der Waals surface area contributed by atoms with E-state index in [9.17, 15) is 0 Å². The first-order valence-corrected chi connectivity index (χ1v) is 10.7. The van der Waals surface area contributed by atoms with Crippen LogP contribution in [0, 0.1) is 0 Å². The van der Waals surface area contributed by atoms with Gasteiger partial charge < -0.3 is 10.5 Å². The summed E-state index contributed by atoms with van der Waals surface area (Å²) in [6.45, 7) is 1.54. The summed E-state index contributed by atoms with van der Waals surface area (Å²) < 4.78 is 7.46. The summed E-state index contributed by atoms with van der Waals surface area (Å²) >= 11 is 12.7. The van der Waals surface area contributed by atoms with Gasteiger partial charge in [-0.1, -0.05) is 29.3 Å². The van der Waals surface area contributed by atoms with Gasteiger partial charge in [-0.15, -0.1) is 0 Å². The van der Waals surface area contributed by atoms with E-state index < -0.39 is 0 Å².